The van der Waals surface area contributed by atoms with Crippen molar-refractivity contribution < 1.29 is 28.6 Å². The lowest BCUT2D eigenvalue weighted by atomic mass is 9.99. The maximum atomic E-state index is 11.8. The third-order valence-corrected chi connectivity index (χ3v) is 3.04. The summed E-state index contributed by atoms with van der Waals surface area (Å²) in [7, 11) is 0. The summed E-state index contributed by atoms with van der Waals surface area (Å²) in [6.45, 7) is 6.32. The van der Waals surface area contributed by atoms with Crippen LogP contribution in [0.5, 0.6) is 0 Å². The number of esters is 1. The van der Waals surface area contributed by atoms with Crippen molar-refractivity contribution in [2.75, 3.05) is 19.7 Å². The first-order valence-corrected chi connectivity index (χ1v) is 6.77. The van der Waals surface area contributed by atoms with Gasteiger partial charge in [-0.2, -0.15) is 0 Å². The van der Waals surface area contributed by atoms with E-state index in [1.165, 1.54) is 11.8 Å². The first-order chi connectivity index (χ1) is 9.43. The molecule has 1 amide bonds. The molecule has 0 aromatic heterocycles. The fraction of sp³-hybridized carbons (Fsp3) is 0.769. The molecular formula is C13H21NO6. The van der Waals surface area contributed by atoms with Gasteiger partial charge in [-0.3, -0.25) is 4.79 Å². The van der Waals surface area contributed by atoms with Crippen LogP contribution in [-0.4, -0.2) is 48.9 Å². The van der Waals surface area contributed by atoms with E-state index >= 15 is 0 Å². The van der Waals surface area contributed by atoms with E-state index < -0.39 is 24.3 Å². The van der Waals surface area contributed by atoms with Crippen LogP contribution in [0.15, 0.2) is 0 Å². The second-order valence-corrected chi connectivity index (χ2v) is 4.75. The van der Waals surface area contributed by atoms with Gasteiger partial charge in [0.05, 0.1) is 6.61 Å². The number of rotatable bonds is 3. The third kappa shape index (κ3) is 5.07. The molecule has 1 aliphatic heterocycles. The lowest BCUT2D eigenvalue weighted by Crippen LogP contribution is -2.43. The van der Waals surface area contributed by atoms with Crippen LogP contribution >= 0.6 is 0 Å². The van der Waals surface area contributed by atoms with Gasteiger partial charge in [-0.05, 0) is 25.7 Å². The summed E-state index contributed by atoms with van der Waals surface area (Å²) in [4.78, 5) is 35.9. The van der Waals surface area contributed by atoms with Crippen LogP contribution in [0.4, 0.5) is 4.79 Å². The van der Waals surface area contributed by atoms with Gasteiger partial charge in [-0.25, -0.2) is 9.59 Å². The van der Waals surface area contributed by atoms with Crippen molar-refractivity contribution >= 4 is 18.0 Å². The van der Waals surface area contributed by atoms with Gasteiger partial charge in [-0.15, -0.1) is 0 Å². The first-order valence-electron chi connectivity index (χ1n) is 6.77. The molecule has 114 valence electrons. The average Bonchev–Trinajstić information content (AvgIpc) is 2.38. The van der Waals surface area contributed by atoms with Crippen LogP contribution < -0.4 is 0 Å². The largest absolute Gasteiger partial charge is 0.511 e. The highest BCUT2D eigenvalue weighted by Gasteiger charge is 2.28. The van der Waals surface area contributed by atoms with E-state index in [2.05, 4.69) is 16.4 Å². The number of piperidine rings is 1. The molecule has 0 saturated carbocycles. The SMILES string of the molecule is CCOC(=O)OC(C)OC(=O)C(=O)N1CCC(C)CC1. The standard InChI is InChI=1S/C13H21NO6/c1-4-18-13(17)20-10(3)19-12(16)11(15)14-7-5-9(2)6-8-14/h9-10H,4-8H2,1-3H3. The van der Waals surface area contributed by atoms with E-state index in [-0.39, 0.29) is 6.61 Å². The lowest BCUT2D eigenvalue weighted by Gasteiger charge is -2.29. The van der Waals surface area contributed by atoms with Crippen LogP contribution in [0.2, 0.25) is 0 Å². The second-order valence-electron chi connectivity index (χ2n) is 4.75. The molecule has 1 aliphatic rings. The van der Waals surface area contributed by atoms with Crippen molar-refractivity contribution in [2.45, 2.75) is 39.9 Å². The van der Waals surface area contributed by atoms with Gasteiger partial charge in [0.15, 0.2) is 0 Å². The van der Waals surface area contributed by atoms with Crippen LogP contribution in [0.3, 0.4) is 0 Å². The van der Waals surface area contributed by atoms with Crippen LogP contribution in [0.25, 0.3) is 0 Å². The number of hydrogen-bond donors (Lipinski definition) is 0. The summed E-state index contributed by atoms with van der Waals surface area (Å²) in [6.07, 6.45) is -0.358. The van der Waals surface area contributed by atoms with Gasteiger partial charge in [-0.1, -0.05) is 6.92 Å². The Labute approximate surface area is 118 Å². The van der Waals surface area contributed by atoms with Gasteiger partial charge < -0.3 is 19.1 Å². The maximum Gasteiger partial charge on any atom is 0.511 e. The van der Waals surface area contributed by atoms with E-state index in [1.54, 1.807) is 6.92 Å². The molecule has 7 nitrogen and oxygen atoms in total. The molecule has 7 heteroatoms. The van der Waals surface area contributed by atoms with Crippen LogP contribution in [-0.2, 0) is 23.8 Å². The van der Waals surface area contributed by atoms with Gasteiger partial charge in [0.1, 0.15) is 0 Å². The molecule has 0 aromatic rings. The molecule has 0 N–H and O–H groups in total. The summed E-state index contributed by atoms with van der Waals surface area (Å²) in [5, 5.41) is 0. The molecule has 0 bridgehead atoms. The second kappa shape index (κ2) is 7.72. The highest BCUT2D eigenvalue weighted by atomic mass is 16.8. The highest BCUT2D eigenvalue weighted by Crippen LogP contribution is 2.16. The molecule has 0 radical (unpaired) electrons. The Hall–Kier alpha value is -1.79. The zero-order chi connectivity index (χ0) is 15.1. The molecule has 1 rings (SSSR count). The molecule has 0 aliphatic carbocycles. The highest BCUT2D eigenvalue weighted by molar-refractivity contribution is 6.32. The number of hydrogen-bond acceptors (Lipinski definition) is 6. The van der Waals surface area contributed by atoms with Crippen LogP contribution in [0, 0.1) is 5.92 Å². The van der Waals surface area contributed by atoms with Crippen molar-refractivity contribution in [3.8, 4) is 0 Å². The van der Waals surface area contributed by atoms with E-state index in [0.717, 1.165) is 12.8 Å². The summed E-state index contributed by atoms with van der Waals surface area (Å²) < 4.78 is 13.9. The van der Waals surface area contributed by atoms with E-state index in [0.29, 0.717) is 19.0 Å². The van der Waals surface area contributed by atoms with Gasteiger partial charge in [0.2, 0.25) is 6.29 Å². The Morgan fingerprint density at radius 1 is 1.20 bits per heavy atom. The Kier molecular flexibility index (Phi) is 6.27. The molecule has 1 fully saturated rings. The van der Waals surface area contributed by atoms with Crippen molar-refractivity contribution in [3.63, 3.8) is 0 Å². The third-order valence-electron chi connectivity index (χ3n) is 3.04. The van der Waals surface area contributed by atoms with Crippen molar-refractivity contribution in [3.05, 3.63) is 0 Å². The number of amides is 1. The van der Waals surface area contributed by atoms with Crippen molar-refractivity contribution in [1.29, 1.82) is 0 Å². The molecule has 0 aromatic carbocycles. The Morgan fingerprint density at radius 2 is 1.80 bits per heavy atom. The predicted octanol–water partition coefficient (Wildman–Crippen LogP) is 1.31. The molecular weight excluding hydrogens is 266 g/mol. The zero-order valence-electron chi connectivity index (χ0n) is 12.1. The van der Waals surface area contributed by atoms with E-state index in [4.69, 9.17) is 4.74 Å². The monoisotopic (exact) mass is 287 g/mol. The summed E-state index contributed by atoms with van der Waals surface area (Å²) >= 11 is 0. The number of carbonyl (C=O) groups is 3. The van der Waals surface area contributed by atoms with Crippen molar-refractivity contribution in [1.82, 2.24) is 4.90 Å². The molecule has 1 unspecified atom stereocenters. The van der Waals surface area contributed by atoms with E-state index in [1.807, 2.05) is 0 Å². The molecule has 0 spiro atoms. The fourth-order valence-electron chi connectivity index (χ4n) is 1.85. The Morgan fingerprint density at radius 3 is 2.35 bits per heavy atom. The maximum absolute atomic E-state index is 11.8. The normalized spacial score (nSPS) is 17.2. The predicted molar refractivity (Wildman–Crippen MR) is 68.6 cm³/mol. The number of carbonyl (C=O) groups excluding carboxylic acids is 3. The lowest BCUT2D eigenvalue weighted by molar-refractivity contribution is -0.177. The van der Waals surface area contributed by atoms with Crippen LogP contribution in [0.1, 0.15) is 33.6 Å². The smallest absolute Gasteiger partial charge is 0.435 e. The fourth-order valence-corrected chi connectivity index (χ4v) is 1.85. The summed E-state index contributed by atoms with van der Waals surface area (Å²) in [5.74, 6) is -1.16. The summed E-state index contributed by atoms with van der Waals surface area (Å²) in [5.41, 5.74) is 0. The molecule has 20 heavy (non-hydrogen) atoms. The Balaban J connectivity index is 2.37. The topological polar surface area (TPSA) is 82.1 Å². The van der Waals surface area contributed by atoms with Gasteiger partial charge in [0.25, 0.3) is 0 Å². The van der Waals surface area contributed by atoms with E-state index in [9.17, 15) is 14.4 Å². The van der Waals surface area contributed by atoms with Gasteiger partial charge >= 0.3 is 18.0 Å². The molecule has 1 heterocycles. The number of nitrogens with zero attached hydrogens (tertiary/aromatic N) is 1. The number of likely N-dealkylation sites (tertiary alicyclic amines) is 1. The van der Waals surface area contributed by atoms with Crippen molar-refractivity contribution in [2.24, 2.45) is 5.92 Å². The minimum atomic E-state index is -1.16. The molecule has 1 atom stereocenters. The van der Waals surface area contributed by atoms with Gasteiger partial charge in [0, 0.05) is 20.0 Å². The quantitative estimate of drug-likeness (QED) is 0.442. The summed E-state index contributed by atoms with van der Waals surface area (Å²) in [6, 6.07) is 0. The number of ether oxygens (including phenoxy) is 3. The first kappa shape index (κ1) is 16.3. The minimum absolute atomic E-state index is 0.157. The average molecular weight is 287 g/mol. The molecule has 1 saturated heterocycles. The zero-order valence-corrected chi connectivity index (χ0v) is 12.1. The Bertz CT molecular complexity index is 362. The minimum Gasteiger partial charge on any atom is -0.435 e.